The summed E-state index contributed by atoms with van der Waals surface area (Å²) >= 11 is 4.18. The Labute approximate surface area is 196 Å². The molecule has 1 aromatic heterocycles. The SMILES string of the molecule is CCCCCSC(SCCCCC)c1cccc(OCc2ccc3ccccc3n2)c1. The van der Waals surface area contributed by atoms with E-state index in [9.17, 15) is 0 Å². The summed E-state index contributed by atoms with van der Waals surface area (Å²) in [5.41, 5.74) is 3.35. The maximum absolute atomic E-state index is 6.14. The van der Waals surface area contributed by atoms with E-state index in [4.69, 9.17) is 9.72 Å². The molecule has 166 valence electrons. The molecule has 0 N–H and O–H groups in total. The van der Waals surface area contributed by atoms with Crippen molar-refractivity contribution in [3.63, 3.8) is 0 Å². The van der Waals surface area contributed by atoms with Crippen LogP contribution in [0.25, 0.3) is 10.9 Å². The van der Waals surface area contributed by atoms with E-state index in [1.165, 1.54) is 55.6 Å². The van der Waals surface area contributed by atoms with Gasteiger partial charge < -0.3 is 4.74 Å². The lowest BCUT2D eigenvalue weighted by Gasteiger charge is -2.18. The molecule has 0 aliphatic rings. The van der Waals surface area contributed by atoms with E-state index in [2.05, 4.69) is 85.9 Å². The molecule has 31 heavy (non-hydrogen) atoms. The van der Waals surface area contributed by atoms with Gasteiger partial charge in [0, 0.05) is 5.39 Å². The molecule has 3 aromatic rings. The summed E-state index contributed by atoms with van der Waals surface area (Å²) in [7, 11) is 0. The number of para-hydroxylation sites is 1. The third kappa shape index (κ3) is 8.08. The van der Waals surface area contributed by atoms with Crippen molar-refractivity contribution in [3.05, 3.63) is 71.9 Å². The predicted molar refractivity (Wildman–Crippen MR) is 139 cm³/mol. The first kappa shape index (κ1) is 24.0. The molecule has 2 aromatic carbocycles. The fourth-order valence-electron chi connectivity index (χ4n) is 3.42. The minimum Gasteiger partial charge on any atom is -0.487 e. The number of pyridine rings is 1. The molecule has 0 fully saturated rings. The second kappa shape index (κ2) is 13.7. The number of fused-ring (bicyclic) bond motifs is 1. The number of aromatic nitrogens is 1. The summed E-state index contributed by atoms with van der Waals surface area (Å²) in [6.45, 7) is 5.03. The van der Waals surface area contributed by atoms with Crippen molar-refractivity contribution in [2.45, 2.75) is 63.6 Å². The van der Waals surface area contributed by atoms with Crippen LogP contribution in [-0.4, -0.2) is 16.5 Å². The van der Waals surface area contributed by atoms with Crippen LogP contribution in [0.3, 0.4) is 0 Å². The molecular formula is C27H35NOS2. The van der Waals surface area contributed by atoms with E-state index < -0.39 is 0 Å². The molecule has 0 saturated carbocycles. The Morgan fingerprint density at radius 3 is 2.29 bits per heavy atom. The molecule has 4 heteroatoms. The summed E-state index contributed by atoms with van der Waals surface area (Å²) in [6, 6.07) is 21.1. The molecule has 0 unspecified atom stereocenters. The Morgan fingerprint density at radius 1 is 0.806 bits per heavy atom. The summed E-state index contributed by atoms with van der Waals surface area (Å²) in [4.78, 5) is 4.73. The normalized spacial score (nSPS) is 11.3. The highest BCUT2D eigenvalue weighted by atomic mass is 32.2. The van der Waals surface area contributed by atoms with Gasteiger partial charge >= 0.3 is 0 Å². The minimum atomic E-state index is 0.482. The van der Waals surface area contributed by atoms with Gasteiger partial charge in [-0.3, -0.25) is 0 Å². The molecule has 3 rings (SSSR count). The number of hydrogen-bond donors (Lipinski definition) is 0. The van der Waals surface area contributed by atoms with Crippen LogP contribution in [0.1, 0.15) is 68.2 Å². The van der Waals surface area contributed by atoms with E-state index in [1.807, 2.05) is 12.1 Å². The van der Waals surface area contributed by atoms with Gasteiger partial charge in [-0.1, -0.05) is 75.9 Å². The highest BCUT2D eigenvalue weighted by Gasteiger charge is 2.13. The van der Waals surface area contributed by atoms with Gasteiger partial charge in [-0.25, -0.2) is 4.98 Å². The van der Waals surface area contributed by atoms with Crippen LogP contribution < -0.4 is 4.74 Å². The van der Waals surface area contributed by atoms with Crippen LogP contribution in [0, 0.1) is 0 Å². The maximum atomic E-state index is 6.14. The van der Waals surface area contributed by atoms with Gasteiger partial charge in [0.25, 0.3) is 0 Å². The summed E-state index contributed by atoms with van der Waals surface area (Å²) < 4.78 is 6.62. The standard InChI is InChI=1S/C27H35NOS2/c1-3-5-9-18-30-27(31-19-10-6-4-2)23-13-11-14-25(20-23)29-21-24-17-16-22-12-7-8-15-26(22)28-24/h7-8,11-17,20,27H,3-6,9-10,18-19,21H2,1-2H3. The van der Waals surface area contributed by atoms with Gasteiger partial charge in [-0.2, -0.15) is 0 Å². The lowest BCUT2D eigenvalue weighted by molar-refractivity contribution is 0.301. The zero-order chi connectivity index (χ0) is 21.7. The van der Waals surface area contributed by atoms with Crippen molar-refractivity contribution in [3.8, 4) is 5.75 Å². The quantitative estimate of drug-likeness (QED) is 0.180. The van der Waals surface area contributed by atoms with E-state index in [0.717, 1.165) is 22.3 Å². The Kier molecular flexibility index (Phi) is 10.6. The van der Waals surface area contributed by atoms with Crippen LogP contribution >= 0.6 is 23.5 Å². The highest BCUT2D eigenvalue weighted by Crippen LogP contribution is 2.41. The first-order valence-corrected chi connectivity index (χ1v) is 13.7. The third-order valence-corrected chi connectivity index (χ3v) is 8.22. The number of unbranched alkanes of at least 4 members (excludes halogenated alkanes) is 4. The Morgan fingerprint density at radius 2 is 1.55 bits per heavy atom. The van der Waals surface area contributed by atoms with Crippen molar-refractivity contribution in [1.29, 1.82) is 0 Å². The zero-order valence-corrected chi connectivity index (χ0v) is 20.5. The van der Waals surface area contributed by atoms with E-state index in [-0.39, 0.29) is 0 Å². The fraction of sp³-hybridized carbons (Fsp3) is 0.444. The second-order valence-corrected chi connectivity index (χ2v) is 10.6. The predicted octanol–water partition coefficient (Wildman–Crippen LogP) is 8.66. The number of ether oxygens (including phenoxy) is 1. The average molecular weight is 454 g/mol. The van der Waals surface area contributed by atoms with Gasteiger partial charge in [0.15, 0.2) is 0 Å². The number of nitrogens with zero attached hydrogens (tertiary/aromatic N) is 1. The largest absolute Gasteiger partial charge is 0.487 e. The van der Waals surface area contributed by atoms with Gasteiger partial charge in [-0.15, -0.1) is 23.5 Å². The van der Waals surface area contributed by atoms with Gasteiger partial charge in [0.05, 0.1) is 15.8 Å². The van der Waals surface area contributed by atoms with Crippen LogP contribution in [0.5, 0.6) is 5.75 Å². The van der Waals surface area contributed by atoms with Crippen molar-refractivity contribution in [2.24, 2.45) is 0 Å². The molecule has 0 spiro atoms. The molecule has 0 atom stereocenters. The molecule has 0 bridgehead atoms. The molecular weight excluding hydrogens is 418 g/mol. The molecule has 0 amide bonds. The van der Waals surface area contributed by atoms with Gasteiger partial charge in [0.1, 0.15) is 12.4 Å². The van der Waals surface area contributed by atoms with Crippen molar-refractivity contribution >= 4 is 34.4 Å². The van der Waals surface area contributed by atoms with Crippen LogP contribution in [0.15, 0.2) is 60.7 Å². The first-order chi connectivity index (χ1) is 15.3. The summed E-state index contributed by atoms with van der Waals surface area (Å²) in [6.07, 6.45) is 7.81. The van der Waals surface area contributed by atoms with E-state index >= 15 is 0 Å². The summed E-state index contributed by atoms with van der Waals surface area (Å²) in [5, 5.41) is 1.16. The lowest BCUT2D eigenvalue weighted by atomic mass is 10.2. The smallest absolute Gasteiger partial charge is 0.130 e. The monoisotopic (exact) mass is 453 g/mol. The Balaban J connectivity index is 1.62. The second-order valence-electron chi connectivity index (χ2n) is 7.84. The maximum Gasteiger partial charge on any atom is 0.130 e. The Bertz CT molecular complexity index is 902. The van der Waals surface area contributed by atoms with E-state index in [0.29, 0.717) is 11.2 Å². The van der Waals surface area contributed by atoms with Crippen molar-refractivity contribution in [1.82, 2.24) is 4.98 Å². The minimum absolute atomic E-state index is 0.482. The highest BCUT2D eigenvalue weighted by molar-refractivity contribution is 8.16. The molecule has 0 aliphatic heterocycles. The number of rotatable bonds is 14. The molecule has 2 nitrogen and oxygen atoms in total. The average Bonchev–Trinajstić information content (AvgIpc) is 2.82. The zero-order valence-electron chi connectivity index (χ0n) is 18.9. The van der Waals surface area contributed by atoms with Crippen LogP contribution in [0.2, 0.25) is 0 Å². The van der Waals surface area contributed by atoms with E-state index in [1.54, 1.807) is 0 Å². The van der Waals surface area contributed by atoms with Gasteiger partial charge in [-0.05, 0) is 54.2 Å². The van der Waals surface area contributed by atoms with Gasteiger partial charge in [0.2, 0.25) is 0 Å². The fourth-order valence-corrected chi connectivity index (χ4v) is 6.23. The van der Waals surface area contributed by atoms with Crippen molar-refractivity contribution < 1.29 is 4.74 Å². The molecule has 1 heterocycles. The molecule has 0 saturated heterocycles. The first-order valence-electron chi connectivity index (χ1n) is 11.6. The Hall–Kier alpha value is -1.65. The summed E-state index contributed by atoms with van der Waals surface area (Å²) in [5.74, 6) is 3.39. The lowest BCUT2D eigenvalue weighted by Crippen LogP contribution is -2.00. The topological polar surface area (TPSA) is 22.1 Å². The van der Waals surface area contributed by atoms with Crippen molar-refractivity contribution in [2.75, 3.05) is 11.5 Å². The third-order valence-electron chi connectivity index (χ3n) is 5.21. The van der Waals surface area contributed by atoms with Crippen LogP contribution in [-0.2, 0) is 6.61 Å². The molecule has 0 radical (unpaired) electrons. The number of hydrogen-bond acceptors (Lipinski definition) is 4. The number of thioether (sulfide) groups is 2. The number of benzene rings is 2. The van der Waals surface area contributed by atoms with Crippen LogP contribution in [0.4, 0.5) is 0 Å². The molecule has 0 aliphatic carbocycles.